The second-order valence-electron chi connectivity index (χ2n) is 4.08. The Kier molecular flexibility index (Phi) is 5.50. The van der Waals surface area contributed by atoms with Crippen molar-refractivity contribution in [3.63, 3.8) is 0 Å². The largest absolute Gasteiger partial charge is 0.501 e. The molecule has 0 aromatic carbocycles. The number of hydrogen-bond donors (Lipinski definition) is 2. The first-order chi connectivity index (χ1) is 10.1. The lowest BCUT2D eigenvalue weighted by Crippen LogP contribution is -2.40. The van der Waals surface area contributed by atoms with E-state index in [0.29, 0.717) is 26.4 Å². The molecule has 0 bridgehead atoms. The Bertz CT molecular complexity index is 680. The highest BCUT2D eigenvalue weighted by atomic mass is 35.5. The number of thiocarbonyl (C=S) groups is 1. The van der Waals surface area contributed by atoms with Gasteiger partial charge >= 0.3 is 0 Å². The number of nitrogens with one attached hydrogen (secondary N) is 1. The molecule has 0 aliphatic carbocycles. The van der Waals surface area contributed by atoms with Crippen LogP contribution in [0.3, 0.4) is 0 Å². The molecule has 0 radical (unpaired) electrons. The van der Waals surface area contributed by atoms with Crippen LogP contribution in [0.1, 0.15) is 4.88 Å². The summed E-state index contributed by atoms with van der Waals surface area (Å²) in [7, 11) is 0. The molecular formula is C15H14ClN2OS2+. The van der Waals surface area contributed by atoms with Gasteiger partial charge in [0.05, 0.1) is 9.21 Å². The zero-order chi connectivity index (χ0) is 15.2. The summed E-state index contributed by atoms with van der Waals surface area (Å²) in [6, 6.07) is 9.14. The molecule has 3 nitrogen and oxygen atoms in total. The smallest absolute Gasteiger partial charge is 0.288 e. The van der Waals surface area contributed by atoms with Crippen LogP contribution in [0.25, 0.3) is 11.5 Å². The summed E-state index contributed by atoms with van der Waals surface area (Å²) in [6.07, 6.45) is 5.35. The predicted molar refractivity (Wildman–Crippen MR) is 92.5 cm³/mol. The second-order valence-corrected chi connectivity index (χ2v) is 6.21. The summed E-state index contributed by atoms with van der Waals surface area (Å²) < 4.78 is 2.38. The lowest BCUT2D eigenvalue weighted by molar-refractivity contribution is -0.576. The summed E-state index contributed by atoms with van der Waals surface area (Å²) in [4.78, 5) is 1.10. The fourth-order valence-electron chi connectivity index (χ4n) is 1.70. The van der Waals surface area contributed by atoms with Crippen LogP contribution < -0.4 is 9.88 Å². The van der Waals surface area contributed by atoms with Crippen molar-refractivity contribution in [2.45, 2.75) is 0 Å². The Morgan fingerprint density at radius 3 is 2.67 bits per heavy atom. The molecule has 0 atom stereocenters. The van der Waals surface area contributed by atoms with E-state index in [4.69, 9.17) is 23.8 Å². The van der Waals surface area contributed by atoms with E-state index in [1.807, 2.05) is 30.6 Å². The van der Waals surface area contributed by atoms with Crippen LogP contribution >= 0.6 is 35.2 Å². The normalized spacial score (nSPS) is 11.7. The maximum absolute atomic E-state index is 10.6. The molecule has 0 fully saturated rings. The molecule has 0 aliphatic rings. The third-order valence-corrected chi connectivity index (χ3v) is 4.20. The highest BCUT2D eigenvalue weighted by Crippen LogP contribution is 2.28. The minimum absolute atomic E-state index is 0.0877. The van der Waals surface area contributed by atoms with Crippen LogP contribution in [0.4, 0.5) is 0 Å². The molecule has 0 spiro atoms. The van der Waals surface area contributed by atoms with E-state index in [1.54, 1.807) is 22.8 Å². The molecule has 0 amide bonds. The van der Waals surface area contributed by atoms with Gasteiger partial charge in [0.15, 0.2) is 17.4 Å². The highest BCUT2D eigenvalue weighted by molar-refractivity contribution is 7.81. The van der Waals surface area contributed by atoms with Crippen molar-refractivity contribution in [2.24, 2.45) is 0 Å². The summed E-state index contributed by atoms with van der Waals surface area (Å²) in [5, 5.41) is 13.6. The van der Waals surface area contributed by atoms with Gasteiger partial charge in [-0.25, -0.2) is 0 Å². The van der Waals surface area contributed by atoms with Crippen LogP contribution in [0.15, 0.2) is 55.4 Å². The zero-order valence-corrected chi connectivity index (χ0v) is 13.5. The van der Waals surface area contributed by atoms with Gasteiger partial charge in [0.2, 0.25) is 5.76 Å². The third kappa shape index (κ3) is 3.91. The molecule has 0 aliphatic heterocycles. The molecular weight excluding hydrogens is 324 g/mol. The first-order valence-corrected chi connectivity index (χ1v) is 7.78. The number of nitrogens with zero attached hydrogens (tertiary/aromatic N) is 1. The number of thiophene rings is 1. The predicted octanol–water partition coefficient (Wildman–Crippen LogP) is 3.68. The average Bonchev–Trinajstić information content (AvgIpc) is 2.93. The average molecular weight is 338 g/mol. The van der Waals surface area contributed by atoms with Crippen molar-refractivity contribution in [2.75, 3.05) is 6.54 Å². The van der Waals surface area contributed by atoms with Gasteiger partial charge in [0.25, 0.3) is 5.70 Å². The van der Waals surface area contributed by atoms with E-state index in [0.717, 1.165) is 0 Å². The number of aliphatic hydroxyl groups is 1. The molecule has 0 saturated carbocycles. The van der Waals surface area contributed by atoms with Gasteiger partial charge in [-0.2, -0.15) is 4.57 Å². The Hall–Kier alpha value is -1.69. The molecule has 2 aromatic heterocycles. The number of aliphatic hydroxyl groups excluding tert-OH is 1. The maximum atomic E-state index is 10.6. The van der Waals surface area contributed by atoms with E-state index < -0.39 is 0 Å². The van der Waals surface area contributed by atoms with Crippen molar-refractivity contribution >= 4 is 51.6 Å². The van der Waals surface area contributed by atoms with Gasteiger partial charge in [0, 0.05) is 18.7 Å². The van der Waals surface area contributed by atoms with Crippen molar-refractivity contribution in [3.8, 4) is 0 Å². The Balaban J connectivity index is 2.49. The van der Waals surface area contributed by atoms with Gasteiger partial charge in [0.1, 0.15) is 0 Å². The molecule has 2 N–H and O–H groups in total. The van der Waals surface area contributed by atoms with E-state index in [9.17, 15) is 5.11 Å². The first-order valence-electron chi connectivity index (χ1n) is 6.18. The van der Waals surface area contributed by atoms with Gasteiger partial charge in [-0.3, -0.25) is 0 Å². The van der Waals surface area contributed by atoms with Crippen LogP contribution in [-0.4, -0.2) is 16.6 Å². The summed E-state index contributed by atoms with van der Waals surface area (Å²) in [5.74, 6) is 0.0877. The monoisotopic (exact) mass is 337 g/mol. The van der Waals surface area contributed by atoms with E-state index in [2.05, 4.69) is 11.9 Å². The van der Waals surface area contributed by atoms with Crippen molar-refractivity contribution in [3.05, 3.63) is 64.6 Å². The Morgan fingerprint density at radius 2 is 2.10 bits per heavy atom. The minimum atomic E-state index is 0.0877. The summed E-state index contributed by atoms with van der Waals surface area (Å²) >= 11 is 12.6. The SMILES string of the molecule is C=CCNC(=S)/C(=C(/O)c1ccc(Cl)s1)[n+]1ccccc1. The summed E-state index contributed by atoms with van der Waals surface area (Å²) in [5.41, 5.74) is 0.506. The van der Waals surface area contributed by atoms with Crippen LogP contribution in [0.2, 0.25) is 4.34 Å². The molecule has 6 heteroatoms. The third-order valence-electron chi connectivity index (χ3n) is 2.63. The van der Waals surface area contributed by atoms with Crippen LogP contribution in [0, 0.1) is 0 Å². The van der Waals surface area contributed by atoms with Gasteiger partial charge < -0.3 is 10.4 Å². The van der Waals surface area contributed by atoms with Gasteiger partial charge in [-0.15, -0.1) is 17.9 Å². The molecule has 0 unspecified atom stereocenters. The Labute approximate surface area is 137 Å². The fourth-order valence-corrected chi connectivity index (χ4v) is 2.98. The fraction of sp³-hybridized carbons (Fsp3) is 0.0667. The van der Waals surface area contributed by atoms with Crippen molar-refractivity contribution in [1.29, 1.82) is 0 Å². The van der Waals surface area contributed by atoms with Crippen LogP contribution in [-0.2, 0) is 0 Å². The first kappa shape index (κ1) is 15.7. The standard InChI is InChI=1S/C15H13ClN2OS2/c1-2-8-17-15(20)13(18-9-4-3-5-10-18)14(19)11-6-7-12(16)21-11/h2-7,9-10H,1,8H2,(H-,17,19,20)/p+1. The molecule has 0 saturated heterocycles. The van der Waals surface area contributed by atoms with E-state index in [-0.39, 0.29) is 5.76 Å². The lowest BCUT2D eigenvalue weighted by Gasteiger charge is -2.07. The Morgan fingerprint density at radius 1 is 1.38 bits per heavy atom. The van der Waals surface area contributed by atoms with Crippen LogP contribution in [0.5, 0.6) is 0 Å². The summed E-state index contributed by atoms with van der Waals surface area (Å²) in [6.45, 7) is 4.17. The molecule has 108 valence electrons. The topological polar surface area (TPSA) is 36.1 Å². The number of rotatable bonds is 5. The second kappa shape index (κ2) is 7.36. The number of hydrogen-bond acceptors (Lipinski definition) is 3. The molecule has 2 heterocycles. The number of halogens is 1. The molecule has 2 aromatic rings. The van der Waals surface area contributed by atoms with E-state index in [1.165, 1.54) is 11.3 Å². The van der Waals surface area contributed by atoms with E-state index >= 15 is 0 Å². The van der Waals surface area contributed by atoms with Gasteiger partial charge in [-0.05, 0) is 12.1 Å². The maximum Gasteiger partial charge on any atom is 0.288 e. The van der Waals surface area contributed by atoms with Gasteiger partial charge in [-0.1, -0.05) is 36.0 Å². The molecule has 21 heavy (non-hydrogen) atoms. The molecule has 2 rings (SSSR count). The van der Waals surface area contributed by atoms with Crippen molar-refractivity contribution in [1.82, 2.24) is 5.32 Å². The number of pyridine rings is 1. The minimum Gasteiger partial charge on any atom is -0.501 e. The zero-order valence-electron chi connectivity index (χ0n) is 11.1. The quantitative estimate of drug-likeness (QED) is 0.287. The lowest BCUT2D eigenvalue weighted by atomic mass is 10.2. The van der Waals surface area contributed by atoms with Crippen molar-refractivity contribution < 1.29 is 9.67 Å². The number of aromatic nitrogens is 1. The highest BCUT2D eigenvalue weighted by Gasteiger charge is 2.23.